The molecule has 1 amide bonds. The smallest absolute Gasteiger partial charge is 0.222 e. The fraction of sp³-hybridized carbons (Fsp3) is 0.565. The molecule has 0 spiro atoms. The Hall–Kier alpha value is -2.28. The van der Waals surface area contributed by atoms with Crippen molar-refractivity contribution < 1.29 is 9.59 Å². The minimum atomic E-state index is 0.109. The molecule has 0 bridgehead atoms. The number of benzene rings is 1. The molecule has 4 rings (SSSR count). The zero-order valence-corrected chi connectivity index (χ0v) is 18.3. The number of amides is 1. The van der Waals surface area contributed by atoms with Gasteiger partial charge in [0, 0.05) is 50.5 Å². The third-order valence-electron chi connectivity index (χ3n) is 6.18. The van der Waals surface area contributed by atoms with Gasteiger partial charge in [-0.15, -0.1) is 10.2 Å². The van der Waals surface area contributed by atoms with Gasteiger partial charge < -0.3 is 9.80 Å². The number of carbonyl (C=O) groups is 2. The van der Waals surface area contributed by atoms with E-state index in [9.17, 15) is 9.59 Å². The minimum absolute atomic E-state index is 0.109. The molecule has 1 saturated heterocycles. The van der Waals surface area contributed by atoms with Crippen LogP contribution in [-0.2, 0) is 4.79 Å². The molecule has 2 aliphatic rings. The molecule has 2 aromatic rings. The summed E-state index contributed by atoms with van der Waals surface area (Å²) in [5.41, 5.74) is 0.725. The zero-order valence-electron chi connectivity index (χ0n) is 17.5. The molecule has 1 aliphatic carbocycles. The van der Waals surface area contributed by atoms with E-state index in [4.69, 9.17) is 0 Å². The summed E-state index contributed by atoms with van der Waals surface area (Å²) < 4.78 is 0. The summed E-state index contributed by atoms with van der Waals surface area (Å²) in [6, 6.07) is 9.30. The zero-order chi connectivity index (χ0) is 20.8. The van der Waals surface area contributed by atoms with Gasteiger partial charge in [-0.2, -0.15) is 0 Å². The van der Waals surface area contributed by atoms with Crippen LogP contribution in [0.3, 0.4) is 0 Å². The van der Waals surface area contributed by atoms with Gasteiger partial charge in [0.25, 0.3) is 0 Å². The Morgan fingerprint density at radius 2 is 1.67 bits per heavy atom. The first kappa shape index (κ1) is 21.0. The van der Waals surface area contributed by atoms with Crippen LogP contribution in [0.5, 0.6) is 0 Å². The third kappa shape index (κ3) is 5.25. The highest BCUT2D eigenvalue weighted by Crippen LogP contribution is 2.36. The highest BCUT2D eigenvalue weighted by molar-refractivity contribution is 7.15. The van der Waals surface area contributed by atoms with Crippen molar-refractivity contribution in [3.8, 4) is 0 Å². The molecule has 1 aromatic carbocycles. The van der Waals surface area contributed by atoms with Gasteiger partial charge >= 0.3 is 0 Å². The first-order chi connectivity index (χ1) is 14.7. The number of Topliss-reactive ketones (excluding diaryl/α,β-unsaturated/α-hetero) is 1. The van der Waals surface area contributed by atoms with E-state index in [0.29, 0.717) is 38.3 Å². The van der Waals surface area contributed by atoms with Gasteiger partial charge in [0.15, 0.2) is 5.78 Å². The molecule has 2 heterocycles. The molecule has 7 heteroatoms. The first-order valence-electron chi connectivity index (χ1n) is 11.1. The number of piperazine rings is 1. The highest BCUT2D eigenvalue weighted by Gasteiger charge is 2.25. The molecular formula is C23H30N4O2S. The Labute approximate surface area is 182 Å². The fourth-order valence-corrected chi connectivity index (χ4v) is 5.41. The lowest BCUT2D eigenvalue weighted by molar-refractivity contribution is -0.131. The lowest BCUT2D eigenvalue weighted by Crippen LogP contribution is -2.48. The van der Waals surface area contributed by atoms with Gasteiger partial charge in [-0.3, -0.25) is 9.59 Å². The molecule has 6 nitrogen and oxygen atoms in total. The summed E-state index contributed by atoms with van der Waals surface area (Å²) in [6.07, 6.45) is 7.89. The number of rotatable bonds is 7. The van der Waals surface area contributed by atoms with Crippen LogP contribution in [0, 0.1) is 0 Å². The number of carbonyl (C=O) groups excluding carboxylic acids is 2. The van der Waals surface area contributed by atoms with Crippen LogP contribution in [0.15, 0.2) is 30.3 Å². The predicted molar refractivity (Wildman–Crippen MR) is 119 cm³/mol. The van der Waals surface area contributed by atoms with E-state index >= 15 is 0 Å². The molecule has 1 aromatic heterocycles. The predicted octanol–water partition coefficient (Wildman–Crippen LogP) is 4.29. The topological polar surface area (TPSA) is 66.4 Å². The van der Waals surface area contributed by atoms with Crippen LogP contribution in [0.4, 0.5) is 5.13 Å². The highest BCUT2D eigenvalue weighted by atomic mass is 32.1. The monoisotopic (exact) mass is 426 g/mol. The molecule has 0 N–H and O–H groups in total. The Kier molecular flexibility index (Phi) is 7.10. The molecule has 0 radical (unpaired) electrons. The molecule has 0 unspecified atom stereocenters. The van der Waals surface area contributed by atoms with E-state index in [2.05, 4.69) is 15.1 Å². The standard InChI is InChI=1S/C23H30N4O2S/c28-20(18-8-3-1-4-9-18)12-7-13-21(29)26-14-16-27(17-15-26)23-25-24-22(30-23)19-10-5-2-6-11-19/h1,3-4,8-9,19H,2,5-7,10-17H2. The second kappa shape index (κ2) is 10.2. The van der Waals surface area contributed by atoms with Crippen molar-refractivity contribution in [2.45, 2.75) is 57.3 Å². The maximum Gasteiger partial charge on any atom is 0.222 e. The van der Waals surface area contributed by atoms with E-state index in [1.165, 1.54) is 37.1 Å². The van der Waals surface area contributed by atoms with E-state index in [1.54, 1.807) is 11.3 Å². The molecule has 30 heavy (non-hydrogen) atoms. The fourth-order valence-electron chi connectivity index (χ4n) is 4.34. The molecular weight excluding hydrogens is 396 g/mol. The van der Waals surface area contributed by atoms with E-state index in [1.807, 2.05) is 35.2 Å². The first-order valence-corrected chi connectivity index (χ1v) is 12.0. The average molecular weight is 427 g/mol. The van der Waals surface area contributed by atoms with Crippen LogP contribution in [0.1, 0.15) is 72.7 Å². The number of hydrogen-bond donors (Lipinski definition) is 0. The van der Waals surface area contributed by atoms with Gasteiger partial charge in [-0.25, -0.2) is 0 Å². The van der Waals surface area contributed by atoms with Crippen LogP contribution >= 0.6 is 11.3 Å². The van der Waals surface area contributed by atoms with Crippen molar-refractivity contribution in [3.05, 3.63) is 40.9 Å². The maximum atomic E-state index is 12.5. The average Bonchev–Trinajstić information content (AvgIpc) is 3.30. The van der Waals surface area contributed by atoms with Gasteiger partial charge in [0.2, 0.25) is 11.0 Å². The minimum Gasteiger partial charge on any atom is -0.343 e. The van der Waals surface area contributed by atoms with E-state index in [-0.39, 0.29) is 11.7 Å². The molecule has 160 valence electrons. The van der Waals surface area contributed by atoms with Crippen LogP contribution in [0.2, 0.25) is 0 Å². The summed E-state index contributed by atoms with van der Waals surface area (Å²) in [7, 11) is 0. The second-order valence-corrected chi connectivity index (χ2v) is 9.26. The normalized spacial score (nSPS) is 17.9. The Morgan fingerprint density at radius 3 is 2.40 bits per heavy atom. The molecule has 0 atom stereocenters. The molecule has 1 saturated carbocycles. The lowest BCUT2D eigenvalue weighted by atomic mass is 9.90. The van der Waals surface area contributed by atoms with E-state index in [0.717, 1.165) is 23.8 Å². The Morgan fingerprint density at radius 1 is 0.933 bits per heavy atom. The lowest BCUT2D eigenvalue weighted by Gasteiger charge is -2.34. The Balaban J connectivity index is 1.20. The Bertz CT molecular complexity index is 840. The number of ketones is 1. The van der Waals surface area contributed by atoms with Crippen molar-refractivity contribution in [1.82, 2.24) is 15.1 Å². The van der Waals surface area contributed by atoms with Crippen molar-refractivity contribution in [2.24, 2.45) is 0 Å². The molecule has 2 fully saturated rings. The second-order valence-electron chi connectivity index (χ2n) is 8.27. The third-order valence-corrected chi connectivity index (χ3v) is 7.32. The summed E-state index contributed by atoms with van der Waals surface area (Å²) in [5.74, 6) is 0.848. The van der Waals surface area contributed by atoms with Crippen LogP contribution in [-0.4, -0.2) is 53.0 Å². The number of nitrogens with zero attached hydrogens (tertiary/aromatic N) is 4. The number of hydrogen-bond acceptors (Lipinski definition) is 6. The van der Waals surface area contributed by atoms with Crippen LogP contribution < -0.4 is 4.90 Å². The number of anilines is 1. The van der Waals surface area contributed by atoms with Crippen LogP contribution in [0.25, 0.3) is 0 Å². The largest absolute Gasteiger partial charge is 0.343 e. The van der Waals surface area contributed by atoms with Gasteiger partial charge in [-0.1, -0.05) is 60.9 Å². The maximum absolute atomic E-state index is 12.5. The van der Waals surface area contributed by atoms with Crippen molar-refractivity contribution in [1.29, 1.82) is 0 Å². The van der Waals surface area contributed by atoms with Crippen molar-refractivity contribution in [3.63, 3.8) is 0 Å². The number of aromatic nitrogens is 2. The summed E-state index contributed by atoms with van der Waals surface area (Å²) in [6.45, 7) is 3.02. The summed E-state index contributed by atoms with van der Waals surface area (Å²) in [5, 5.41) is 11.1. The van der Waals surface area contributed by atoms with E-state index < -0.39 is 0 Å². The van der Waals surface area contributed by atoms with Gasteiger partial charge in [-0.05, 0) is 19.3 Å². The van der Waals surface area contributed by atoms with Gasteiger partial charge in [0.05, 0.1) is 0 Å². The molecule has 1 aliphatic heterocycles. The SMILES string of the molecule is O=C(CCCC(=O)N1CCN(c2nnc(C3CCCCC3)s2)CC1)c1ccccc1. The van der Waals surface area contributed by atoms with Crippen molar-refractivity contribution >= 4 is 28.2 Å². The van der Waals surface area contributed by atoms with Gasteiger partial charge in [0.1, 0.15) is 5.01 Å². The summed E-state index contributed by atoms with van der Waals surface area (Å²) in [4.78, 5) is 28.9. The van der Waals surface area contributed by atoms with Crippen molar-refractivity contribution in [2.75, 3.05) is 31.1 Å². The summed E-state index contributed by atoms with van der Waals surface area (Å²) >= 11 is 1.73. The quantitative estimate of drug-likeness (QED) is 0.618.